The molecule has 7 heteroatoms. The Hall–Kier alpha value is -1.86. The molecule has 1 spiro atoms. The van der Waals surface area contributed by atoms with Crippen LogP contribution >= 0.6 is 0 Å². The molecule has 3 heterocycles. The number of hydrogen-bond acceptors (Lipinski definition) is 5. The molecule has 1 aromatic heterocycles. The molecule has 0 bridgehead atoms. The smallest absolute Gasteiger partial charge is 0.317 e. The topological polar surface area (TPSA) is 75.7 Å². The lowest BCUT2D eigenvalue weighted by molar-refractivity contribution is -0.0530. The fourth-order valence-corrected chi connectivity index (χ4v) is 3.41. The molecular formula is C18H28N4O3. The number of ether oxygens (including phenoxy) is 2. The van der Waals surface area contributed by atoms with Crippen LogP contribution in [0.1, 0.15) is 20.3 Å². The van der Waals surface area contributed by atoms with E-state index in [1.807, 2.05) is 36.9 Å². The predicted octanol–water partition coefficient (Wildman–Crippen LogP) is 1.72. The highest BCUT2D eigenvalue weighted by Crippen LogP contribution is 2.33. The minimum atomic E-state index is -0.402. The minimum Gasteiger partial charge on any atom is -0.377 e. The lowest BCUT2D eigenvalue weighted by atomic mass is 9.94. The Bertz CT molecular complexity index is 569. The standard InChI is InChI=1S/C18H28N4O3/c1-14(2)21-17(23)22-7-8-24-13-18(12-22)9-15(11-25-18)10-20-16-5-3-4-6-19-16/h3-6,14-15H,7-13H2,1-2H3,(H,19,20)(H,21,23)/t15-,18-/m0/s1. The minimum absolute atomic E-state index is 0.0430. The van der Waals surface area contributed by atoms with E-state index in [0.29, 0.717) is 38.8 Å². The van der Waals surface area contributed by atoms with E-state index in [0.717, 1.165) is 18.8 Å². The van der Waals surface area contributed by atoms with Crippen LogP contribution in [0.25, 0.3) is 0 Å². The molecule has 2 atom stereocenters. The molecule has 138 valence electrons. The summed E-state index contributed by atoms with van der Waals surface area (Å²) in [5.74, 6) is 1.25. The van der Waals surface area contributed by atoms with Crippen LogP contribution in [0.5, 0.6) is 0 Å². The van der Waals surface area contributed by atoms with Gasteiger partial charge in [-0.2, -0.15) is 0 Å². The SMILES string of the molecule is CC(C)NC(=O)N1CCOC[C@]2(C[C@@H](CNc3ccccn3)CO2)C1. The average molecular weight is 348 g/mol. The first-order valence-electron chi connectivity index (χ1n) is 8.98. The Kier molecular flexibility index (Phi) is 5.75. The number of nitrogens with zero attached hydrogens (tertiary/aromatic N) is 2. The molecule has 2 saturated heterocycles. The molecule has 0 unspecified atom stereocenters. The van der Waals surface area contributed by atoms with Crippen LogP contribution in [0.15, 0.2) is 24.4 Å². The van der Waals surface area contributed by atoms with E-state index >= 15 is 0 Å². The summed E-state index contributed by atoms with van der Waals surface area (Å²) in [6.45, 7) is 7.67. The van der Waals surface area contributed by atoms with Crippen molar-refractivity contribution in [2.75, 3.05) is 44.8 Å². The third-order valence-corrected chi connectivity index (χ3v) is 4.57. The Balaban J connectivity index is 1.56. The normalized spacial score (nSPS) is 26.7. The van der Waals surface area contributed by atoms with Crippen molar-refractivity contribution in [2.24, 2.45) is 5.92 Å². The van der Waals surface area contributed by atoms with Crippen molar-refractivity contribution < 1.29 is 14.3 Å². The van der Waals surface area contributed by atoms with Gasteiger partial charge in [0, 0.05) is 31.2 Å². The summed E-state index contributed by atoms with van der Waals surface area (Å²) < 4.78 is 11.9. The van der Waals surface area contributed by atoms with Crippen molar-refractivity contribution in [3.8, 4) is 0 Å². The summed E-state index contributed by atoms with van der Waals surface area (Å²) in [4.78, 5) is 18.5. The van der Waals surface area contributed by atoms with Gasteiger partial charge in [-0.05, 0) is 32.4 Å². The third-order valence-electron chi connectivity index (χ3n) is 4.57. The van der Waals surface area contributed by atoms with E-state index < -0.39 is 5.60 Å². The van der Waals surface area contributed by atoms with Gasteiger partial charge in [-0.3, -0.25) is 0 Å². The second kappa shape index (κ2) is 8.01. The molecule has 2 aliphatic rings. The van der Waals surface area contributed by atoms with Gasteiger partial charge in [-0.15, -0.1) is 0 Å². The zero-order valence-electron chi connectivity index (χ0n) is 15.0. The van der Waals surface area contributed by atoms with Crippen molar-refractivity contribution in [1.29, 1.82) is 0 Å². The second-order valence-corrected chi connectivity index (χ2v) is 7.24. The maximum atomic E-state index is 12.4. The number of pyridine rings is 1. The number of nitrogens with one attached hydrogen (secondary N) is 2. The molecule has 0 saturated carbocycles. The summed E-state index contributed by atoms with van der Waals surface area (Å²) in [6.07, 6.45) is 2.65. The third kappa shape index (κ3) is 4.83. The molecule has 2 fully saturated rings. The fraction of sp³-hybridized carbons (Fsp3) is 0.667. The Morgan fingerprint density at radius 3 is 3.12 bits per heavy atom. The zero-order valence-corrected chi connectivity index (χ0v) is 15.0. The van der Waals surface area contributed by atoms with E-state index in [9.17, 15) is 4.79 Å². The number of amides is 2. The van der Waals surface area contributed by atoms with Gasteiger partial charge in [0.25, 0.3) is 0 Å². The Morgan fingerprint density at radius 2 is 2.36 bits per heavy atom. The number of carbonyl (C=O) groups excluding carboxylic acids is 1. The highest BCUT2D eigenvalue weighted by Gasteiger charge is 2.44. The van der Waals surface area contributed by atoms with Crippen LogP contribution in [-0.4, -0.2) is 67.0 Å². The molecule has 1 aromatic rings. The zero-order chi connectivity index (χ0) is 17.7. The van der Waals surface area contributed by atoms with E-state index in [4.69, 9.17) is 9.47 Å². The molecule has 3 rings (SSSR count). The van der Waals surface area contributed by atoms with Crippen LogP contribution in [0.2, 0.25) is 0 Å². The molecule has 0 aromatic carbocycles. The van der Waals surface area contributed by atoms with Crippen molar-refractivity contribution in [2.45, 2.75) is 31.9 Å². The van der Waals surface area contributed by atoms with E-state index in [1.165, 1.54) is 0 Å². The summed E-state index contributed by atoms with van der Waals surface area (Å²) in [5, 5.41) is 6.32. The van der Waals surface area contributed by atoms with Gasteiger partial charge in [0.05, 0.1) is 26.4 Å². The quantitative estimate of drug-likeness (QED) is 0.866. The monoisotopic (exact) mass is 348 g/mol. The van der Waals surface area contributed by atoms with Crippen molar-refractivity contribution in [1.82, 2.24) is 15.2 Å². The first-order chi connectivity index (χ1) is 12.1. The molecule has 0 aliphatic carbocycles. The van der Waals surface area contributed by atoms with Gasteiger partial charge < -0.3 is 25.0 Å². The van der Waals surface area contributed by atoms with Crippen LogP contribution in [-0.2, 0) is 9.47 Å². The predicted molar refractivity (Wildman–Crippen MR) is 95.6 cm³/mol. The van der Waals surface area contributed by atoms with Gasteiger partial charge in [-0.25, -0.2) is 9.78 Å². The second-order valence-electron chi connectivity index (χ2n) is 7.24. The number of carbonyl (C=O) groups is 1. The molecule has 2 N–H and O–H groups in total. The van der Waals surface area contributed by atoms with Crippen LogP contribution < -0.4 is 10.6 Å². The summed E-state index contributed by atoms with van der Waals surface area (Å²) in [5.41, 5.74) is -0.402. The first-order valence-corrected chi connectivity index (χ1v) is 8.98. The number of urea groups is 1. The van der Waals surface area contributed by atoms with Crippen LogP contribution in [0.4, 0.5) is 10.6 Å². The molecule has 0 radical (unpaired) electrons. The highest BCUT2D eigenvalue weighted by atomic mass is 16.5. The summed E-state index contributed by atoms with van der Waals surface area (Å²) in [7, 11) is 0. The number of aromatic nitrogens is 1. The average Bonchev–Trinajstić information content (AvgIpc) is 2.86. The van der Waals surface area contributed by atoms with E-state index in [2.05, 4.69) is 15.6 Å². The highest BCUT2D eigenvalue weighted by molar-refractivity contribution is 5.74. The number of anilines is 1. The molecule has 2 amide bonds. The van der Waals surface area contributed by atoms with Crippen molar-refractivity contribution in [3.05, 3.63) is 24.4 Å². The lowest BCUT2D eigenvalue weighted by Gasteiger charge is -2.31. The van der Waals surface area contributed by atoms with Crippen molar-refractivity contribution >= 4 is 11.8 Å². The summed E-state index contributed by atoms with van der Waals surface area (Å²) >= 11 is 0. The van der Waals surface area contributed by atoms with Crippen LogP contribution in [0.3, 0.4) is 0 Å². The number of rotatable bonds is 4. The van der Waals surface area contributed by atoms with Gasteiger partial charge in [0.2, 0.25) is 0 Å². The Labute approximate surface area is 149 Å². The van der Waals surface area contributed by atoms with E-state index in [-0.39, 0.29) is 12.1 Å². The maximum absolute atomic E-state index is 12.4. The molecular weight excluding hydrogens is 320 g/mol. The fourth-order valence-electron chi connectivity index (χ4n) is 3.41. The van der Waals surface area contributed by atoms with Crippen LogP contribution in [0, 0.1) is 5.92 Å². The molecule has 2 aliphatic heterocycles. The Morgan fingerprint density at radius 1 is 1.48 bits per heavy atom. The molecule has 25 heavy (non-hydrogen) atoms. The molecule has 7 nitrogen and oxygen atoms in total. The summed E-state index contributed by atoms with van der Waals surface area (Å²) in [6, 6.07) is 5.90. The van der Waals surface area contributed by atoms with Gasteiger partial charge in [0.15, 0.2) is 0 Å². The van der Waals surface area contributed by atoms with E-state index in [1.54, 1.807) is 6.20 Å². The lowest BCUT2D eigenvalue weighted by Crippen LogP contribution is -2.50. The van der Waals surface area contributed by atoms with Crippen molar-refractivity contribution in [3.63, 3.8) is 0 Å². The van der Waals surface area contributed by atoms with Gasteiger partial charge >= 0.3 is 6.03 Å². The maximum Gasteiger partial charge on any atom is 0.317 e. The van der Waals surface area contributed by atoms with Gasteiger partial charge in [-0.1, -0.05) is 6.07 Å². The largest absolute Gasteiger partial charge is 0.377 e. The van der Waals surface area contributed by atoms with Gasteiger partial charge in [0.1, 0.15) is 11.4 Å². The number of hydrogen-bond donors (Lipinski definition) is 2. The first kappa shape index (κ1) is 17.9.